The van der Waals surface area contributed by atoms with Crippen molar-refractivity contribution in [3.8, 4) is 0 Å². The molecule has 0 fully saturated rings. The van der Waals surface area contributed by atoms with Gasteiger partial charge in [-0.05, 0) is 37.3 Å². The van der Waals surface area contributed by atoms with Crippen LogP contribution in [0.5, 0.6) is 0 Å². The Bertz CT molecular complexity index is 389. The molecule has 0 saturated carbocycles. The standard InChI is InChI=1S/C14H17N/c1-12-6-8-14(2,9-7-12)11-13-5-3-4-10-15-13/h3-8,10H,9,11H2,1-2H3. The minimum absolute atomic E-state index is 0.244. The highest BCUT2D eigenvalue weighted by molar-refractivity contribution is 5.25. The molecule has 1 aliphatic rings. The molecule has 0 bridgehead atoms. The molecule has 15 heavy (non-hydrogen) atoms. The zero-order chi connectivity index (χ0) is 10.7. The van der Waals surface area contributed by atoms with Gasteiger partial charge in [0.1, 0.15) is 0 Å². The average Bonchev–Trinajstić information content (AvgIpc) is 2.24. The van der Waals surface area contributed by atoms with Gasteiger partial charge in [-0.15, -0.1) is 0 Å². The van der Waals surface area contributed by atoms with Gasteiger partial charge in [0.15, 0.2) is 0 Å². The van der Waals surface area contributed by atoms with Crippen molar-refractivity contribution in [2.24, 2.45) is 5.41 Å². The third-order valence-corrected chi connectivity index (χ3v) is 2.95. The topological polar surface area (TPSA) is 12.9 Å². The monoisotopic (exact) mass is 199 g/mol. The fraction of sp³-hybridized carbons (Fsp3) is 0.357. The van der Waals surface area contributed by atoms with E-state index in [2.05, 4.69) is 49.2 Å². The van der Waals surface area contributed by atoms with Crippen molar-refractivity contribution in [2.45, 2.75) is 26.7 Å². The molecule has 1 unspecified atom stereocenters. The molecule has 1 aromatic heterocycles. The molecule has 0 radical (unpaired) electrons. The minimum Gasteiger partial charge on any atom is -0.261 e. The Hall–Kier alpha value is -1.37. The number of rotatable bonds is 2. The van der Waals surface area contributed by atoms with E-state index in [4.69, 9.17) is 0 Å². The van der Waals surface area contributed by atoms with Crippen LogP contribution < -0.4 is 0 Å². The summed E-state index contributed by atoms with van der Waals surface area (Å²) in [5, 5.41) is 0. The second kappa shape index (κ2) is 4.01. The normalized spacial score (nSPS) is 25.1. The zero-order valence-corrected chi connectivity index (χ0v) is 9.40. The van der Waals surface area contributed by atoms with Gasteiger partial charge in [0.05, 0.1) is 0 Å². The first-order chi connectivity index (χ1) is 7.18. The van der Waals surface area contributed by atoms with Gasteiger partial charge in [-0.25, -0.2) is 0 Å². The van der Waals surface area contributed by atoms with Crippen molar-refractivity contribution in [2.75, 3.05) is 0 Å². The molecule has 0 spiro atoms. The molecule has 1 heterocycles. The first kappa shape index (κ1) is 10.2. The molecule has 0 aliphatic heterocycles. The summed E-state index contributed by atoms with van der Waals surface area (Å²) >= 11 is 0. The highest BCUT2D eigenvalue weighted by atomic mass is 14.7. The Balaban J connectivity index is 2.10. The summed E-state index contributed by atoms with van der Waals surface area (Å²) in [5.74, 6) is 0. The van der Waals surface area contributed by atoms with E-state index in [1.54, 1.807) is 0 Å². The van der Waals surface area contributed by atoms with E-state index in [0.717, 1.165) is 12.8 Å². The maximum absolute atomic E-state index is 4.38. The van der Waals surface area contributed by atoms with Crippen LogP contribution in [0.25, 0.3) is 0 Å². The van der Waals surface area contributed by atoms with Crippen LogP contribution in [0.2, 0.25) is 0 Å². The molecule has 0 aromatic carbocycles. The average molecular weight is 199 g/mol. The maximum Gasteiger partial charge on any atom is 0.0412 e. The smallest absolute Gasteiger partial charge is 0.0412 e. The number of nitrogens with zero attached hydrogens (tertiary/aromatic N) is 1. The molecule has 1 aliphatic carbocycles. The second-order valence-electron chi connectivity index (χ2n) is 4.64. The molecule has 1 aromatic rings. The van der Waals surface area contributed by atoms with Crippen molar-refractivity contribution >= 4 is 0 Å². The van der Waals surface area contributed by atoms with Gasteiger partial charge in [0, 0.05) is 11.9 Å². The summed E-state index contributed by atoms with van der Waals surface area (Å²) in [6.45, 7) is 4.44. The van der Waals surface area contributed by atoms with Crippen LogP contribution in [0.1, 0.15) is 26.0 Å². The molecule has 1 heteroatoms. The lowest BCUT2D eigenvalue weighted by molar-refractivity contribution is 0.420. The lowest BCUT2D eigenvalue weighted by Crippen LogP contribution is -2.18. The SMILES string of the molecule is CC1=CCC(C)(Cc2ccccn2)C=C1. The Kier molecular flexibility index (Phi) is 2.72. The molecule has 78 valence electrons. The molecule has 0 saturated heterocycles. The molecule has 0 N–H and O–H groups in total. The van der Waals surface area contributed by atoms with E-state index in [0.29, 0.717) is 0 Å². The van der Waals surface area contributed by atoms with Gasteiger partial charge in [-0.3, -0.25) is 4.98 Å². The van der Waals surface area contributed by atoms with Gasteiger partial charge in [0.25, 0.3) is 0 Å². The van der Waals surface area contributed by atoms with Crippen molar-refractivity contribution < 1.29 is 0 Å². The van der Waals surface area contributed by atoms with E-state index < -0.39 is 0 Å². The zero-order valence-electron chi connectivity index (χ0n) is 9.40. The largest absolute Gasteiger partial charge is 0.261 e. The molecule has 0 amide bonds. The number of aromatic nitrogens is 1. The number of hydrogen-bond donors (Lipinski definition) is 0. The van der Waals surface area contributed by atoms with Crippen LogP contribution in [0, 0.1) is 5.41 Å². The van der Waals surface area contributed by atoms with Crippen molar-refractivity contribution in [1.82, 2.24) is 4.98 Å². The maximum atomic E-state index is 4.38. The van der Waals surface area contributed by atoms with E-state index in [-0.39, 0.29) is 5.41 Å². The summed E-state index contributed by atoms with van der Waals surface area (Å²) in [7, 11) is 0. The fourth-order valence-corrected chi connectivity index (χ4v) is 1.91. The minimum atomic E-state index is 0.244. The van der Waals surface area contributed by atoms with Crippen LogP contribution in [-0.2, 0) is 6.42 Å². The van der Waals surface area contributed by atoms with Gasteiger partial charge >= 0.3 is 0 Å². The summed E-state index contributed by atoms with van der Waals surface area (Å²) < 4.78 is 0. The molecular weight excluding hydrogens is 182 g/mol. The lowest BCUT2D eigenvalue weighted by atomic mass is 9.78. The lowest BCUT2D eigenvalue weighted by Gasteiger charge is -2.27. The highest BCUT2D eigenvalue weighted by Gasteiger charge is 2.22. The summed E-state index contributed by atoms with van der Waals surface area (Å²) in [6.07, 6.45) is 10.8. The predicted molar refractivity (Wildman–Crippen MR) is 63.6 cm³/mol. The van der Waals surface area contributed by atoms with Crippen molar-refractivity contribution in [1.29, 1.82) is 0 Å². The first-order valence-electron chi connectivity index (χ1n) is 5.44. The van der Waals surface area contributed by atoms with Crippen LogP contribution in [-0.4, -0.2) is 4.98 Å². The number of pyridine rings is 1. The van der Waals surface area contributed by atoms with Gasteiger partial charge in [-0.2, -0.15) is 0 Å². The van der Waals surface area contributed by atoms with Crippen molar-refractivity contribution in [3.63, 3.8) is 0 Å². The molecule has 1 nitrogen and oxygen atoms in total. The third-order valence-electron chi connectivity index (χ3n) is 2.95. The fourth-order valence-electron chi connectivity index (χ4n) is 1.91. The second-order valence-corrected chi connectivity index (χ2v) is 4.64. The van der Waals surface area contributed by atoms with E-state index >= 15 is 0 Å². The van der Waals surface area contributed by atoms with Gasteiger partial charge < -0.3 is 0 Å². The third kappa shape index (κ3) is 2.56. The quantitative estimate of drug-likeness (QED) is 0.710. The summed E-state index contributed by atoms with van der Waals surface area (Å²) in [4.78, 5) is 4.38. The van der Waals surface area contributed by atoms with Crippen LogP contribution >= 0.6 is 0 Å². The first-order valence-corrected chi connectivity index (χ1v) is 5.44. The van der Waals surface area contributed by atoms with E-state index in [1.807, 2.05) is 12.3 Å². The van der Waals surface area contributed by atoms with Crippen LogP contribution in [0.3, 0.4) is 0 Å². The molecule has 2 rings (SSSR count). The van der Waals surface area contributed by atoms with Gasteiger partial charge in [-0.1, -0.05) is 36.8 Å². The Labute approximate surface area is 91.6 Å². The predicted octanol–water partition coefficient (Wildman–Crippen LogP) is 3.54. The summed E-state index contributed by atoms with van der Waals surface area (Å²) in [6, 6.07) is 6.12. The van der Waals surface area contributed by atoms with E-state index in [9.17, 15) is 0 Å². The number of hydrogen-bond acceptors (Lipinski definition) is 1. The Morgan fingerprint density at radius 1 is 1.40 bits per heavy atom. The Morgan fingerprint density at radius 2 is 2.27 bits per heavy atom. The van der Waals surface area contributed by atoms with Crippen molar-refractivity contribution in [3.05, 3.63) is 53.9 Å². The van der Waals surface area contributed by atoms with Crippen LogP contribution in [0.4, 0.5) is 0 Å². The molecular formula is C14H17N. The van der Waals surface area contributed by atoms with Gasteiger partial charge in [0.2, 0.25) is 0 Å². The molecule has 1 atom stereocenters. The van der Waals surface area contributed by atoms with E-state index in [1.165, 1.54) is 11.3 Å². The highest BCUT2D eigenvalue weighted by Crippen LogP contribution is 2.32. The Morgan fingerprint density at radius 3 is 2.87 bits per heavy atom. The summed E-state index contributed by atoms with van der Waals surface area (Å²) in [5.41, 5.74) is 2.79. The van der Waals surface area contributed by atoms with Crippen LogP contribution in [0.15, 0.2) is 48.2 Å². The number of allylic oxidation sites excluding steroid dienone is 4.